The second-order valence-corrected chi connectivity index (χ2v) is 5.30. The fourth-order valence-electron chi connectivity index (χ4n) is 2.23. The molecule has 1 atom stereocenters. The maximum atomic E-state index is 5.17. The molecule has 3 rings (SSSR count). The molecule has 0 aliphatic rings. The van der Waals surface area contributed by atoms with E-state index in [1.165, 1.54) is 0 Å². The van der Waals surface area contributed by atoms with Gasteiger partial charge in [0.05, 0.1) is 25.0 Å². The van der Waals surface area contributed by atoms with Crippen molar-refractivity contribution in [1.29, 1.82) is 0 Å². The van der Waals surface area contributed by atoms with Crippen LogP contribution < -0.4 is 10.1 Å². The van der Waals surface area contributed by atoms with Gasteiger partial charge in [0.1, 0.15) is 5.75 Å². The summed E-state index contributed by atoms with van der Waals surface area (Å²) in [7, 11) is 1.65. The van der Waals surface area contributed by atoms with Crippen molar-refractivity contribution in [2.75, 3.05) is 12.4 Å². The zero-order valence-corrected chi connectivity index (χ0v) is 13.4. The summed E-state index contributed by atoms with van der Waals surface area (Å²) in [4.78, 5) is 8.59. The number of nitrogens with one attached hydrogen (secondary N) is 1. The van der Waals surface area contributed by atoms with Gasteiger partial charge in [0.25, 0.3) is 0 Å². The third-order valence-electron chi connectivity index (χ3n) is 3.58. The maximum absolute atomic E-state index is 5.17. The average Bonchev–Trinajstić information content (AvgIpc) is 3.05. The van der Waals surface area contributed by atoms with Crippen LogP contribution in [0, 0.1) is 6.92 Å². The first-order valence-electron chi connectivity index (χ1n) is 7.41. The highest BCUT2D eigenvalue weighted by Crippen LogP contribution is 2.19. The molecule has 2 aromatic heterocycles. The van der Waals surface area contributed by atoms with Crippen LogP contribution in [0.3, 0.4) is 0 Å². The highest BCUT2D eigenvalue weighted by Gasteiger charge is 2.10. The molecule has 1 aromatic carbocycles. The van der Waals surface area contributed by atoms with Gasteiger partial charge in [-0.3, -0.25) is 0 Å². The lowest BCUT2D eigenvalue weighted by atomic mass is 10.2. The molecule has 0 radical (unpaired) electrons. The lowest BCUT2D eigenvalue weighted by Crippen LogP contribution is -2.09. The normalized spacial score (nSPS) is 12.0. The van der Waals surface area contributed by atoms with Crippen molar-refractivity contribution in [1.82, 2.24) is 19.7 Å². The van der Waals surface area contributed by atoms with Crippen LogP contribution in [0.15, 0.2) is 48.9 Å². The lowest BCUT2D eigenvalue weighted by Gasteiger charge is -2.11. The SMILES string of the molecule is COc1ccc(-n2cc([C@H](C)Nc3nccc(C)n3)cn2)cc1. The van der Waals surface area contributed by atoms with E-state index >= 15 is 0 Å². The first kappa shape index (κ1) is 15.0. The van der Waals surface area contributed by atoms with Crippen molar-refractivity contribution in [3.05, 3.63) is 60.2 Å². The van der Waals surface area contributed by atoms with E-state index in [0.29, 0.717) is 5.95 Å². The summed E-state index contributed by atoms with van der Waals surface area (Å²) in [6, 6.07) is 9.70. The molecule has 6 heteroatoms. The standard InChI is InChI=1S/C17H19N5O/c1-12-8-9-18-17(20-12)21-13(2)14-10-19-22(11-14)15-4-6-16(23-3)7-5-15/h4-11,13H,1-3H3,(H,18,20,21)/t13-/m0/s1. The van der Waals surface area contributed by atoms with Gasteiger partial charge in [0.15, 0.2) is 0 Å². The van der Waals surface area contributed by atoms with Crippen LogP contribution >= 0.6 is 0 Å². The first-order chi connectivity index (χ1) is 11.2. The Morgan fingerprint density at radius 1 is 1.17 bits per heavy atom. The van der Waals surface area contributed by atoms with Crippen molar-refractivity contribution < 1.29 is 4.74 Å². The van der Waals surface area contributed by atoms with E-state index < -0.39 is 0 Å². The molecule has 0 aliphatic heterocycles. The number of aromatic nitrogens is 4. The van der Waals surface area contributed by atoms with Crippen LogP contribution in [0.2, 0.25) is 0 Å². The Bertz CT molecular complexity index is 782. The predicted molar refractivity (Wildman–Crippen MR) is 88.9 cm³/mol. The Kier molecular flexibility index (Phi) is 4.23. The summed E-state index contributed by atoms with van der Waals surface area (Å²) < 4.78 is 7.01. The first-order valence-corrected chi connectivity index (χ1v) is 7.41. The molecule has 0 bridgehead atoms. The van der Waals surface area contributed by atoms with Gasteiger partial charge < -0.3 is 10.1 Å². The van der Waals surface area contributed by atoms with E-state index in [9.17, 15) is 0 Å². The molecule has 6 nitrogen and oxygen atoms in total. The quantitative estimate of drug-likeness (QED) is 0.784. The highest BCUT2D eigenvalue weighted by atomic mass is 16.5. The largest absolute Gasteiger partial charge is 0.497 e. The van der Waals surface area contributed by atoms with Crippen LogP contribution in [0.1, 0.15) is 24.2 Å². The van der Waals surface area contributed by atoms with E-state index in [0.717, 1.165) is 22.7 Å². The molecule has 3 aromatic rings. The number of rotatable bonds is 5. The number of ether oxygens (including phenoxy) is 1. The van der Waals surface area contributed by atoms with Gasteiger partial charge in [-0.25, -0.2) is 14.6 Å². The summed E-state index contributed by atoms with van der Waals surface area (Å²) in [5.41, 5.74) is 2.98. The number of hydrogen-bond donors (Lipinski definition) is 1. The third-order valence-corrected chi connectivity index (χ3v) is 3.58. The molecule has 0 amide bonds. The maximum Gasteiger partial charge on any atom is 0.223 e. The van der Waals surface area contributed by atoms with Gasteiger partial charge in [-0.2, -0.15) is 5.10 Å². The fraction of sp³-hybridized carbons (Fsp3) is 0.235. The van der Waals surface area contributed by atoms with Gasteiger partial charge in [-0.1, -0.05) is 0 Å². The van der Waals surface area contributed by atoms with Gasteiger partial charge in [0.2, 0.25) is 5.95 Å². The van der Waals surface area contributed by atoms with E-state index in [1.807, 2.05) is 54.3 Å². The molecular formula is C17H19N5O. The van der Waals surface area contributed by atoms with Gasteiger partial charge in [-0.15, -0.1) is 0 Å². The minimum Gasteiger partial charge on any atom is -0.497 e. The number of anilines is 1. The van der Waals surface area contributed by atoms with Crippen molar-refractivity contribution in [3.8, 4) is 11.4 Å². The third kappa shape index (κ3) is 3.48. The Morgan fingerprint density at radius 3 is 2.65 bits per heavy atom. The van der Waals surface area contributed by atoms with Gasteiger partial charge in [0, 0.05) is 23.7 Å². The molecule has 0 spiro atoms. The molecule has 0 fully saturated rings. The lowest BCUT2D eigenvalue weighted by molar-refractivity contribution is 0.414. The molecule has 2 heterocycles. The minimum atomic E-state index is 0.0591. The summed E-state index contributed by atoms with van der Waals surface area (Å²) in [6.45, 7) is 4.00. The van der Waals surface area contributed by atoms with E-state index in [4.69, 9.17) is 4.74 Å². The Hall–Kier alpha value is -2.89. The average molecular weight is 309 g/mol. The van der Waals surface area contributed by atoms with E-state index in [1.54, 1.807) is 13.3 Å². The van der Waals surface area contributed by atoms with Crippen LogP contribution in [0.25, 0.3) is 5.69 Å². The molecule has 0 saturated carbocycles. The van der Waals surface area contributed by atoms with Crippen LogP contribution in [-0.2, 0) is 0 Å². The van der Waals surface area contributed by atoms with Crippen molar-refractivity contribution >= 4 is 5.95 Å². The molecule has 0 aliphatic carbocycles. The van der Waals surface area contributed by atoms with E-state index in [2.05, 4.69) is 27.3 Å². The Balaban J connectivity index is 1.75. The van der Waals surface area contributed by atoms with Crippen LogP contribution in [0.4, 0.5) is 5.95 Å². The van der Waals surface area contributed by atoms with Gasteiger partial charge >= 0.3 is 0 Å². The summed E-state index contributed by atoms with van der Waals surface area (Å²) in [5.74, 6) is 1.45. The fourth-order valence-corrected chi connectivity index (χ4v) is 2.23. The Morgan fingerprint density at radius 2 is 1.96 bits per heavy atom. The monoisotopic (exact) mass is 309 g/mol. The number of hydrogen-bond acceptors (Lipinski definition) is 5. The smallest absolute Gasteiger partial charge is 0.223 e. The van der Waals surface area contributed by atoms with Crippen LogP contribution in [0.5, 0.6) is 5.75 Å². The predicted octanol–water partition coefficient (Wildman–Crippen LogP) is 3.15. The van der Waals surface area contributed by atoms with Crippen molar-refractivity contribution in [2.24, 2.45) is 0 Å². The zero-order chi connectivity index (χ0) is 16.2. The number of methoxy groups -OCH3 is 1. The second kappa shape index (κ2) is 6.48. The topological polar surface area (TPSA) is 64.9 Å². The molecule has 0 saturated heterocycles. The zero-order valence-electron chi connectivity index (χ0n) is 13.4. The summed E-state index contributed by atoms with van der Waals surface area (Å²) in [5, 5.41) is 7.70. The summed E-state index contributed by atoms with van der Waals surface area (Å²) in [6.07, 6.45) is 5.59. The molecule has 23 heavy (non-hydrogen) atoms. The number of aryl methyl sites for hydroxylation is 1. The van der Waals surface area contributed by atoms with E-state index in [-0.39, 0.29) is 6.04 Å². The number of benzene rings is 1. The van der Waals surface area contributed by atoms with Crippen molar-refractivity contribution in [3.63, 3.8) is 0 Å². The Labute approximate surface area is 135 Å². The second-order valence-electron chi connectivity index (χ2n) is 5.30. The molecule has 118 valence electrons. The summed E-state index contributed by atoms with van der Waals surface area (Å²) >= 11 is 0. The van der Waals surface area contributed by atoms with Gasteiger partial charge in [-0.05, 0) is 44.2 Å². The number of nitrogens with zero attached hydrogens (tertiary/aromatic N) is 4. The van der Waals surface area contributed by atoms with Crippen molar-refractivity contribution in [2.45, 2.75) is 19.9 Å². The minimum absolute atomic E-state index is 0.0591. The molecular weight excluding hydrogens is 290 g/mol. The molecule has 1 N–H and O–H groups in total. The van der Waals surface area contributed by atoms with Crippen LogP contribution in [-0.4, -0.2) is 26.9 Å². The molecule has 0 unspecified atom stereocenters. The highest BCUT2D eigenvalue weighted by molar-refractivity contribution is 5.38.